The van der Waals surface area contributed by atoms with Crippen molar-refractivity contribution in [2.45, 2.75) is 18.6 Å². The Labute approximate surface area is 169 Å². The quantitative estimate of drug-likeness (QED) is 0.722. The molecule has 0 N–H and O–H groups in total. The number of ether oxygens (including phenoxy) is 1. The van der Waals surface area contributed by atoms with Crippen LogP contribution in [0.15, 0.2) is 42.7 Å². The number of halogens is 2. The highest BCUT2D eigenvalue weighted by atomic mass is 19.1. The molecule has 7 nitrogen and oxygen atoms in total. The average molecular weight is 404 g/mol. The molecule has 0 amide bonds. The molecule has 0 bridgehead atoms. The highest BCUT2D eigenvalue weighted by molar-refractivity contribution is 5.47. The van der Waals surface area contributed by atoms with Crippen LogP contribution in [0.2, 0.25) is 0 Å². The van der Waals surface area contributed by atoms with Crippen LogP contribution < -0.4 is 4.90 Å². The third-order valence-electron chi connectivity index (χ3n) is 5.41. The topological polar surface area (TPSA) is 48.0 Å². The number of aromatic nitrogens is 2. The second-order valence-electron chi connectivity index (χ2n) is 7.47. The van der Waals surface area contributed by atoms with Crippen LogP contribution in [-0.2, 0) is 4.74 Å². The Morgan fingerprint density at radius 1 is 1.03 bits per heavy atom. The van der Waals surface area contributed by atoms with Gasteiger partial charge in [-0.15, -0.1) is 0 Å². The molecule has 2 saturated heterocycles. The van der Waals surface area contributed by atoms with E-state index in [1.165, 1.54) is 6.07 Å². The molecule has 9 heteroatoms. The van der Waals surface area contributed by atoms with Gasteiger partial charge in [-0.05, 0) is 32.3 Å². The molecule has 29 heavy (non-hydrogen) atoms. The normalized spacial score (nSPS) is 26.8. The van der Waals surface area contributed by atoms with E-state index in [1.54, 1.807) is 35.6 Å². The van der Waals surface area contributed by atoms with Crippen molar-refractivity contribution in [3.63, 3.8) is 0 Å². The van der Waals surface area contributed by atoms with Gasteiger partial charge in [-0.2, -0.15) is 0 Å². The summed E-state index contributed by atoms with van der Waals surface area (Å²) in [6, 6.07) is 8.46. The van der Waals surface area contributed by atoms with Crippen LogP contribution in [-0.4, -0.2) is 84.2 Å². The van der Waals surface area contributed by atoms with E-state index < -0.39 is 12.4 Å². The van der Waals surface area contributed by atoms with Crippen molar-refractivity contribution in [1.29, 1.82) is 0 Å². The van der Waals surface area contributed by atoms with Gasteiger partial charge in [-0.1, -0.05) is 12.1 Å². The number of benzene rings is 1. The number of piperazine rings is 1. The fourth-order valence-electron chi connectivity index (χ4n) is 3.79. The second-order valence-corrected chi connectivity index (χ2v) is 7.47. The fourth-order valence-corrected chi connectivity index (χ4v) is 3.79. The predicted octanol–water partition coefficient (Wildman–Crippen LogP) is 1.91. The smallest absolute Gasteiger partial charge is 0.200 e. The van der Waals surface area contributed by atoms with Gasteiger partial charge in [-0.3, -0.25) is 4.90 Å². The van der Waals surface area contributed by atoms with E-state index in [1.807, 2.05) is 35.0 Å². The second kappa shape index (κ2) is 8.66. The Balaban J connectivity index is 1.49. The monoisotopic (exact) mass is 404 g/mol. The van der Waals surface area contributed by atoms with Crippen LogP contribution in [0.5, 0.6) is 0 Å². The minimum absolute atomic E-state index is 0.232. The van der Waals surface area contributed by atoms with Crippen molar-refractivity contribution in [2.75, 3.05) is 51.7 Å². The molecule has 0 spiro atoms. The van der Waals surface area contributed by atoms with E-state index in [-0.39, 0.29) is 12.0 Å². The van der Waals surface area contributed by atoms with Crippen LogP contribution in [0.4, 0.5) is 14.5 Å². The average Bonchev–Trinajstić information content (AvgIpc) is 2.75. The van der Waals surface area contributed by atoms with Crippen LogP contribution in [0, 0.1) is 5.82 Å². The molecular weight excluding hydrogens is 378 g/mol. The van der Waals surface area contributed by atoms with E-state index >= 15 is 4.39 Å². The van der Waals surface area contributed by atoms with Gasteiger partial charge in [0.25, 0.3) is 0 Å². The number of nitrogens with zero attached hydrogens (tertiary/aromatic N) is 6. The van der Waals surface area contributed by atoms with Gasteiger partial charge in [0.05, 0.1) is 12.2 Å². The molecule has 3 heterocycles. The number of morpholine rings is 1. The maximum absolute atomic E-state index is 15.5. The molecule has 4 rings (SSSR count). The number of anilines is 1. The first-order chi connectivity index (χ1) is 14.0. The summed E-state index contributed by atoms with van der Waals surface area (Å²) in [5, 5.41) is 3.71. The molecule has 0 radical (unpaired) electrons. The Kier molecular flexibility index (Phi) is 6.00. The Hall–Kier alpha value is -2.20. The number of hydrogen-bond donors (Lipinski definition) is 0. The van der Waals surface area contributed by atoms with E-state index in [9.17, 15) is 4.39 Å². The zero-order valence-electron chi connectivity index (χ0n) is 16.7. The Morgan fingerprint density at radius 3 is 2.38 bits per heavy atom. The zero-order valence-corrected chi connectivity index (χ0v) is 16.7. The molecule has 156 valence electrons. The summed E-state index contributed by atoms with van der Waals surface area (Å²) in [7, 11) is 3.81. The largest absolute Gasteiger partial charge is 0.366 e. The summed E-state index contributed by atoms with van der Waals surface area (Å²) in [6.45, 7) is 2.82. The first kappa shape index (κ1) is 20.1. The summed E-state index contributed by atoms with van der Waals surface area (Å²) >= 11 is 0. The summed E-state index contributed by atoms with van der Waals surface area (Å²) in [5.41, 5.74) is 0.590. The molecule has 3 atom stereocenters. The zero-order chi connectivity index (χ0) is 20.4. The van der Waals surface area contributed by atoms with E-state index in [2.05, 4.69) is 9.97 Å². The number of likely N-dealkylation sites (N-methyl/N-ethyl adjacent to an activating group) is 1. The molecule has 3 unspecified atom stereocenters. The van der Waals surface area contributed by atoms with Crippen molar-refractivity contribution in [3.8, 4) is 0 Å². The summed E-state index contributed by atoms with van der Waals surface area (Å²) < 4.78 is 35.6. The lowest BCUT2D eigenvalue weighted by Crippen LogP contribution is -2.63. The fraction of sp³-hybridized carbons (Fsp3) is 0.500. The first-order valence-corrected chi connectivity index (χ1v) is 9.78. The van der Waals surface area contributed by atoms with Gasteiger partial charge in [-0.25, -0.2) is 28.8 Å². The molecule has 2 aliphatic rings. The van der Waals surface area contributed by atoms with Gasteiger partial charge < -0.3 is 9.64 Å². The molecule has 2 aliphatic heterocycles. The van der Waals surface area contributed by atoms with E-state index in [0.29, 0.717) is 44.2 Å². The highest BCUT2D eigenvalue weighted by Crippen LogP contribution is 2.32. The SMILES string of the molecule is CN(C)C1CN(N2CCN(c3ccccc3F)CC2)C(F)C(c2ncccn2)O1. The summed E-state index contributed by atoms with van der Waals surface area (Å²) in [5.74, 6) is 0.103. The number of hydrogen-bond acceptors (Lipinski definition) is 7. The van der Waals surface area contributed by atoms with Crippen molar-refractivity contribution >= 4 is 5.69 Å². The van der Waals surface area contributed by atoms with Crippen LogP contribution >= 0.6 is 0 Å². The number of rotatable bonds is 4. The first-order valence-electron chi connectivity index (χ1n) is 9.78. The molecule has 2 aromatic rings. The lowest BCUT2D eigenvalue weighted by molar-refractivity contribution is -0.257. The lowest BCUT2D eigenvalue weighted by Gasteiger charge is -2.49. The number of alkyl halides is 1. The maximum atomic E-state index is 15.5. The van der Waals surface area contributed by atoms with Crippen molar-refractivity contribution < 1.29 is 13.5 Å². The molecule has 1 aromatic carbocycles. The number of hydrazine groups is 1. The minimum atomic E-state index is -1.39. The number of para-hydroxylation sites is 1. The minimum Gasteiger partial charge on any atom is -0.366 e. The Morgan fingerprint density at radius 2 is 1.72 bits per heavy atom. The van der Waals surface area contributed by atoms with Crippen LogP contribution in [0.3, 0.4) is 0 Å². The van der Waals surface area contributed by atoms with Crippen molar-refractivity contribution in [2.24, 2.45) is 0 Å². The third kappa shape index (κ3) is 4.23. The van der Waals surface area contributed by atoms with Gasteiger partial charge >= 0.3 is 0 Å². The predicted molar refractivity (Wildman–Crippen MR) is 105 cm³/mol. The highest BCUT2D eigenvalue weighted by Gasteiger charge is 2.43. The molecule has 1 aromatic heterocycles. The summed E-state index contributed by atoms with van der Waals surface area (Å²) in [4.78, 5) is 12.3. The summed E-state index contributed by atoms with van der Waals surface area (Å²) in [6.07, 6.45) is 0.626. The Bertz CT molecular complexity index is 803. The van der Waals surface area contributed by atoms with Crippen molar-refractivity contribution in [3.05, 3.63) is 54.4 Å². The standard InChI is InChI=1S/C20H26F2N6O/c1-25(2)17-14-28(19(22)18(29-17)20-23-8-5-9-24-20)27-12-10-26(11-13-27)16-7-4-3-6-15(16)21/h3-9,17-19H,10-14H2,1-2H3. The lowest BCUT2D eigenvalue weighted by atomic mass is 10.2. The van der Waals surface area contributed by atoms with Crippen LogP contribution in [0.25, 0.3) is 0 Å². The van der Waals surface area contributed by atoms with Gasteiger partial charge in [0.15, 0.2) is 18.2 Å². The molecular formula is C20H26F2N6O. The van der Waals surface area contributed by atoms with Gasteiger partial charge in [0.2, 0.25) is 0 Å². The van der Waals surface area contributed by atoms with Crippen molar-refractivity contribution in [1.82, 2.24) is 24.9 Å². The molecule has 2 fully saturated rings. The third-order valence-corrected chi connectivity index (χ3v) is 5.41. The van der Waals surface area contributed by atoms with Gasteiger partial charge in [0, 0.05) is 38.6 Å². The van der Waals surface area contributed by atoms with E-state index in [4.69, 9.17) is 4.74 Å². The maximum Gasteiger partial charge on any atom is 0.200 e. The molecule has 0 aliphatic carbocycles. The van der Waals surface area contributed by atoms with E-state index in [0.717, 1.165) is 0 Å². The molecule has 0 saturated carbocycles. The van der Waals surface area contributed by atoms with Gasteiger partial charge in [0.1, 0.15) is 12.0 Å². The van der Waals surface area contributed by atoms with Crippen LogP contribution in [0.1, 0.15) is 11.9 Å².